The van der Waals surface area contributed by atoms with E-state index in [9.17, 15) is 4.79 Å². The standard InChI is InChI=1S/C32H35N5O2S/c1-6-17-40-32-35-31-33-23(5)28(30(38)34-26-16-15-20(2)18-22(26)4)29(37(31)36-32)25-13-9-10-14-27(25)39-19-24-12-8-7-11-21(24)3/h7-16,18,29H,6,17,19H2,1-5H3,(H,34,38)(H,33,35,36). The van der Waals surface area contributed by atoms with Crippen molar-refractivity contribution >= 4 is 29.3 Å². The van der Waals surface area contributed by atoms with Crippen molar-refractivity contribution in [1.82, 2.24) is 14.8 Å². The van der Waals surface area contributed by atoms with Crippen molar-refractivity contribution in [3.05, 3.63) is 106 Å². The average Bonchev–Trinajstić information content (AvgIpc) is 3.34. The molecule has 5 rings (SSSR count). The maximum absolute atomic E-state index is 14.0. The largest absolute Gasteiger partial charge is 0.489 e. The zero-order valence-electron chi connectivity index (χ0n) is 23.6. The van der Waals surface area contributed by atoms with Gasteiger partial charge in [0.1, 0.15) is 18.4 Å². The number of hydrogen-bond donors (Lipinski definition) is 2. The quantitative estimate of drug-likeness (QED) is 0.213. The summed E-state index contributed by atoms with van der Waals surface area (Å²) in [5, 5.41) is 12.0. The second-order valence-electron chi connectivity index (χ2n) is 10.1. The number of anilines is 2. The molecule has 1 unspecified atom stereocenters. The summed E-state index contributed by atoms with van der Waals surface area (Å²) in [7, 11) is 0. The Morgan fingerprint density at radius 3 is 2.58 bits per heavy atom. The van der Waals surface area contributed by atoms with Gasteiger partial charge in [-0.3, -0.25) is 4.79 Å². The summed E-state index contributed by atoms with van der Waals surface area (Å²) in [4.78, 5) is 18.8. The van der Waals surface area contributed by atoms with Crippen LogP contribution < -0.4 is 15.4 Å². The zero-order chi connectivity index (χ0) is 28.2. The minimum atomic E-state index is -0.529. The van der Waals surface area contributed by atoms with E-state index >= 15 is 0 Å². The Labute approximate surface area is 240 Å². The van der Waals surface area contributed by atoms with Crippen LogP contribution >= 0.6 is 11.8 Å². The molecule has 4 aromatic rings. The number of hydrogen-bond acceptors (Lipinski definition) is 6. The van der Waals surface area contributed by atoms with Crippen molar-refractivity contribution in [2.24, 2.45) is 0 Å². The lowest BCUT2D eigenvalue weighted by atomic mass is 9.94. The lowest BCUT2D eigenvalue weighted by Gasteiger charge is -2.30. The van der Waals surface area contributed by atoms with E-state index in [1.807, 2.05) is 74.0 Å². The van der Waals surface area contributed by atoms with Gasteiger partial charge in [0.15, 0.2) is 0 Å². The Hall–Kier alpha value is -4.04. The number of benzene rings is 3. The smallest absolute Gasteiger partial charge is 0.255 e. The van der Waals surface area contributed by atoms with Crippen molar-refractivity contribution in [3.8, 4) is 5.75 Å². The van der Waals surface area contributed by atoms with Gasteiger partial charge in [-0.1, -0.05) is 78.8 Å². The van der Waals surface area contributed by atoms with E-state index in [1.54, 1.807) is 11.8 Å². The molecule has 40 heavy (non-hydrogen) atoms. The second-order valence-corrected chi connectivity index (χ2v) is 11.2. The third kappa shape index (κ3) is 5.77. The first-order chi connectivity index (χ1) is 19.4. The Morgan fingerprint density at radius 2 is 1.80 bits per heavy atom. The van der Waals surface area contributed by atoms with Crippen LogP contribution in [0.3, 0.4) is 0 Å². The van der Waals surface area contributed by atoms with E-state index in [4.69, 9.17) is 14.8 Å². The van der Waals surface area contributed by atoms with Crippen LogP contribution in [0.15, 0.2) is 83.2 Å². The first kappa shape index (κ1) is 27.5. The topological polar surface area (TPSA) is 81.1 Å². The van der Waals surface area contributed by atoms with Crippen LogP contribution in [0.1, 0.15) is 54.1 Å². The predicted molar refractivity (Wildman–Crippen MR) is 162 cm³/mol. The van der Waals surface area contributed by atoms with Gasteiger partial charge in [0, 0.05) is 22.7 Å². The van der Waals surface area contributed by atoms with E-state index in [2.05, 4.69) is 42.7 Å². The minimum absolute atomic E-state index is 0.195. The molecule has 0 radical (unpaired) electrons. The maximum atomic E-state index is 14.0. The molecular weight excluding hydrogens is 518 g/mol. The van der Waals surface area contributed by atoms with Crippen LogP contribution in [-0.4, -0.2) is 26.4 Å². The van der Waals surface area contributed by atoms with Crippen LogP contribution in [0.5, 0.6) is 5.75 Å². The number of para-hydroxylation sites is 1. The van der Waals surface area contributed by atoms with Crippen molar-refractivity contribution < 1.29 is 9.53 Å². The Morgan fingerprint density at radius 1 is 1.02 bits per heavy atom. The Bertz CT molecular complexity index is 1580. The Balaban J connectivity index is 1.56. The third-order valence-corrected chi connectivity index (χ3v) is 8.04. The minimum Gasteiger partial charge on any atom is -0.489 e. The summed E-state index contributed by atoms with van der Waals surface area (Å²) < 4.78 is 8.23. The molecule has 2 N–H and O–H groups in total. The van der Waals surface area contributed by atoms with E-state index in [0.29, 0.717) is 29.0 Å². The molecule has 206 valence electrons. The zero-order valence-corrected chi connectivity index (χ0v) is 24.4. The fraction of sp³-hybridized carbons (Fsp3) is 0.281. The molecule has 7 nitrogen and oxygen atoms in total. The lowest BCUT2D eigenvalue weighted by Crippen LogP contribution is -2.32. The van der Waals surface area contributed by atoms with Crippen LogP contribution in [0.4, 0.5) is 11.6 Å². The predicted octanol–water partition coefficient (Wildman–Crippen LogP) is 7.21. The fourth-order valence-corrected chi connectivity index (χ4v) is 5.56. The number of carbonyl (C=O) groups excluding carboxylic acids is 1. The van der Waals surface area contributed by atoms with E-state index < -0.39 is 6.04 Å². The van der Waals surface area contributed by atoms with Gasteiger partial charge in [-0.05, 0) is 62.9 Å². The lowest BCUT2D eigenvalue weighted by molar-refractivity contribution is -0.113. The van der Waals surface area contributed by atoms with E-state index in [1.165, 1.54) is 5.56 Å². The number of allylic oxidation sites excluding steroid dienone is 1. The number of rotatable bonds is 9. The van der Waals surface area contributed by atoms with Gasteiger partial charge in [-0.2, -0.15) is 4.98 Å². The molecule has 0 bridgehead atoms. The number of nitrogens with zero attached hydrogens (tertiary/aromatic N) is 3. The molecule has 1 amide bonds. The average molecular weight is 554 g/mol. The molecule has 1 aliphatic rings. The maximum Gasteiger partial charge on any atom is 0.255 e. The molecule has 0 saturated heterocycles. The molecule has 0 aliphatic carbocycles. The van der Waals surface area contributed by atoms with Gasteiger partial charge in [-0.25, -0.2) is 4.68 Å². The first-order valence-corrected chi connectivity index (χ1v) is 14.6. The van der Waals surface area contributed by atoms with E-state index in [0.717, 1.165) is 45.8 Å². The summed E-state index contributed by atoms with van der Waals surface area (Å²) in [6, 6.07) is 21.6. The monoisotopic (exact) mass is 553 g/mol. The number of aryl methyl sites for hydroxylation is 3. The summed E-state index contributed by atoms with van der Waals surface area (Å²) >= 11 is 1.61. The number of carbonyl (C=O) groups is 1. The van der Waals surface area contributed by atoms with Crippen LogP contribution in [-0.2, 0) is 11.4 Å². The number of amides is 1. The number of fused-ring (bicyclic) bond motifs is 1. The van der Waals surface area contributed by atoms with Crippen LogP contribution in [0.2, 0.25) is 0 Å². The van der Waals surface area contributed by atoms with Crippen molar-refractivity contribution in [2.75, 3.05) is 16.4 Å². The molecule has 1 aromatic heterocycles. The summed E-state index contributed by atoms with van der Waals surface area (Å²) in [5.41, 5.74) is 7.36. The van der Waals surface area contributed by atoms with Crippen molar-refractivity contribution in [2.45, 2.75) is 58.8 Å². The highest BCUT2D eigenvalue weighted by atomic mass is 32.2. The van der Waals surface area contributed by atoms with Gasteiger partial charge < -0.3 is 15.4 Å². The molecule has 2 heterocycles. The SMILES string of the molecule is CCCSc1nc2n(n1)C(c1ccccc1OCc1ccccc1C)C(C(=O)Nc1ccc(C)cc1C)=C(C)N2. The highest BCUT2D eigenvalue weighted by molar-refractivity contribution is 7.99. The van der Waals surface area contributed by atoms with Crippen molar-refractivity contribution in [3.63, 3.8) is 0 Å². The number of nitrogens with one attached hydrogen (secondary N) is 2. The first-order valence-electron chi connectivity index (χ1n) is 13.6. The highest BCUT2D eigenvalue weighted by Crippen LogP contribution is 2.40. The van der Waals surface area contributed by atoms with E-state index in [-0.39, 0.29) is 5.91 Å². The molecule has 3 aromatic carbocycles. The van der Waals surface area contributed by atoms with Gasteiger partial charge in [0.2, 0.25) is 11.1 Å². The molecule has 1 aliphatic heterocycles. The number of ether oxygens (including phenoxy) is 1. The summed E-state index contributed by atoms with van der Waals surface area (Å²) in [5.74, 6) is 2.03. The summed E-state index contributed by atoms with van der Waals surface area (Å²) in [6.07, 6.45) is 1.02. The van der Waals surface area contributed by atoms with Gasteiger partial charge >= 0.3 is 0 Å². The van der Waals surface area contributed by atoms with Crippen LogP contribution in [0, 0.1) is 20.8 Å². The Kier molecular flexibility index (Phi) is 8.26. The number of aromatic nitrogens is 3. The molecule has 0 fully saturated rings. The fourth-order valence-electron chi connectivity index (χ4n) is 4.88. The van der Waals surface area contributed by atoms with Gasteiger partial charge in [0.05, 0.1) is 5.57 Å². The molecule has 8 heteroatoms. The third-order valence-electron chi connectivity index (χ3n) is 7.00. The molecule has 0 spiro atoms. The molecule has 0 saturated carbocycles. The van der Waals surface area contributed by atoms with Gasteiger partial charge in [-0.15, -0.1) is 5.10 Å². The van der Waals surface area contributed by atoms with Crippen molar-refractivity contribution in [1.29, 1.82) is 0 Å². The molecular formula is C32H35N5O2S. The van der Waals surface area contributed by atoms with Crippen LogP contribution in [0.25, 0.3) is 0 Å². The molecule has 1 atom stereocenters. The number of thioether (sulfide) groups is 1. The summed E-state index contributed by atoms with van der Waals surface area (Å²) in [6.45, 7) is 10.6. The van der Waals surface area contributed by atoms with Gasteiger partial charge in [0.25, 0.3) is 5.91 Å². The second kappa shape index (κ2) is 12.0. The highest BCUT2D eigenvalue weighted by Gasteiger charge is 2.36. The normalized spacial score (nSPS) is 14.5.